The van der Waals surface area contributed by atoms with Crippen LogP contribution in [-0.2, 0) is 6.18 Å². The smallest absolute Gasteiger partial charge is 0.416 e. The van der Waals surface area contributed by atoms with Crippen molar-refractivity contribution in [2.45, 2.75) is 6.18 Å². The molecular weight excluding hydrogens is 488 g/mol. The van der Waals surface area contributed by atoms with Crippen LogP contribution in [0.3, 0.4) is 0 Å². The van der Waals surface area contributed by atoms with E-state index in [-0.39, 0.29) is 17.3 Å². The predicted octanol–water partition coefficient (Wildman–Crippen LogP) is 8.52. The number of hydrogen-bond acceptors (Lipinski definition) is 6. The fraction of sp³-hybridized carbons (Fsp3) is 0.0370. The first kappa shape index (κ1) is 23.9. The average molecular weight is 504 g/mol. The maximum Gasteiger partial charge on any atom is 0.416 e. The average Bonchev–Trinajstić information content (AvgIpc) is 3.31. The zero-order chi connectivity index (χ0) is 26.0. The summed E-state index contributed by atoms with van der Waals surface area (Å²) in [4.78, 5) is 8.79. The van der Waals surface area contributed by atoms with Crippen LogP contribution in [-0.4, -0.2) is 16.3 Å². The summed E-state index contributed by atoms with van der Waals surface area (Å²) in [6.07, 6.45) is -3.06. The molecule has 0 fully saturated rings. The molecule has 5 aromatic rings. The van der Waals surface area contributed by atoms with Gasteiger partial charge in [0.1, 0.15) is 17.1 Å². The van der Waals surface area contributed by atoms with E-state index in [0.717, 1.165) is 12.1 Å². The standard InChI is InChI=1S/C27H16F4N4O2/c28-19-6-4-16(5-7-19)26-33-23-14-20(9-11-25(23)37-26)32-15-17-12-22(8-10-24(17)36)35-34-21-3-1-2-18(13-21)27(29,30)31/h1-15,36H. The number of aliphatic imine (C=N–C) groups is 1. The third-order valence-electron chi connectivity index (χ3n) is 5.28. The first-order chi connectivity index (χ1) is 17.7. The van der Waals surface area contributed by atoms with Gasteiger partial charge in [-0.2, -0.15) is 23.4 Å². The van der Waals surface area contributed by atoms with E-state index < -0.39 is 11.7 Å². The number of aromatic hydroxyl groups is 1. The first-order valence-electron chi connectivity index (χ1n) is 10.9. The largest absolute Gasteiger partial charge is 0.507 e. The summed E-state index contributed by atoms with van der Waals surface area (Å²) in [5.74, 6) is -0.0866. The van der Waals surface area contributed by atoms with Gasteiger partial charge in [0.2, 0.25) is 5.89 Å². The molecule has 37 heavy (non-hydrogen) atoms. The summed E-state index contributed by atoms with van der Waals surface area (Å²) in [5, 5.41) is 18.0. The second kappa shape index (κ2) is 9.65. The minimum Gasteiger partial charge on any atom is -0.507 e. The van der Waals surface area contributed by atoms with E-state index in [1.165, 1.54) is 48.7 Å². The molecule has 1 heterocycles. The third kappa shape index (κ3) is 5.53. The van der Waals surface area contributed by atoms with Crippen LogP contribution in [0.1, 0.15) is 11.1 Å². The van der Waals surface area contributed by atoms with Gasteiger partial charge in [-0.15, -0.1) is 0 Å². The molecule has 0 saturated carbocycles. The Kier molecular flexibility index (Phi) is 6.22. The van der Waals surface area contributed by atoms with Crippen molar-refractivity contribution in [2.75, 3.05) is 0 Å². The Morgan fingerprint density at radius 3 is 2.30 bits per heavy atom. The number of nitrogens with zero attached hydrogens (tertiary/aromatic N) is 4. The van der Waals surface area contributed by atoms with E-state index in [1.54, 1.807) is 30.3 Å². The SMILES string of the molecule is Oc1ccc(N=Nc2cccc(C(F)(F)F)c2)cc1C=Nc1ccc2oc(-c3ccc(F)cc3)nc2c1. The van der Waals surface area contributed by atoms with Gasteiger partial charge >= 0.3 is 6.18 Å². The molecule has 0 bridgehead atoms. The Bertz CT molecular complexity index is 1640. The summed E-state index contributed by atoms with van der Waals surface area (Å²) in [7, 11) is 0. The quantitative estimate of drug-likeness (QED) is 0.148. The second-order valence-electron chi connectivity index (χ2n) is 7.93. The maximum absolute atomic E-state index is 13.2. The van der Waals surface area contributed by atoms with Gasteiger partial charge in [0.05, 0.1) is 22.6 Å². The number of oxazole rings is 1. The van der Waals surface area contributed by atoms with Crippen LogP contribution in [0.4, 0.5) is 34.6 Å². The Balaban J connectivity index is 1.36. The molecule has 0 amide bonds. The van der Waals surface area contributed by atoms with Crippen molar-refractivity contribution in [3.05, 3.63) is 102 Å². The molecule has 1 aromatic heterocycles. The van der Waals surface area contributed by atoms with Gasteiger partial charge in [-0.05, 0) is 78.9 Å². The number of hydrogen-bond donors (Lipinski definition) is 1. The number of rotatable bonds is 5. The number of azo groups is 1. The van der Waals surface area contributed by atoms with Crippen molar-refractivity contribution in [1.82, 2.24) is 4.98 Å². The highest BCUT2D eigenvalue weighted by Gasteiger charge is 2.30. The topological polar surface area (TPSA) is 83.3 Å². The zero-order valence-corrected chi connectivity index (χ0v) is 18.8. The number of phenols is 1. The lowest BCUT2D eigenvalue weighted by Crippen LogP contribution is -2.03. The normalized spacial score (nSPS) is 12.2. The molecule has 10 heteroatoms. The van der Waals surface area contributed by atoms with E-state index in [0.29, 0.717) is 39.5 Å². The van der Waals surface area contributed by atoms with Crippen LogP contribution in [0.5, 0.6) is 5.75 Å². The van der Waals surface area contributed by atoms with Crippen LogP contribution in [0.15, 0.2) is 105 Å². The summed E-state index contributed by atoms with van der Waals surface area (Å²) in [6, 6.07) is 19.7. The fourth-order valence-electron chi connectivity index (χ4n) is 3.42. The summed E-state index contributed by atoms with van der Waals surface area (Å²) in [5.41, 5.74) is 2.08. The molecule has 0 saturated heterocycles. The molecule has 4 aromatic carbocycles. The third-order valence-corrected chi connectivity index (χ3v) is 5.28. The number of aromatic nitrogens is 1. The molecule has 0 aliphatic heterocycles. The number of halogens is 4. The molecule has 0 unspecified atom stereocenters. The second-order valence-corrected chi connectivity index (χ2v) is 7.93. The number of benzene rings is 4. The van der Waals surface area contributed by atoms with Crippen molar-refractivity contribution in [1.29, 1.82) is 0 Å². The monoisotopic (exact) mass is 504 g/mol. The van der Waals surface area contributed by atoms with Crippen molar-refractivity contribution >= 4 is 34.4 Å². The van der Waals surface area contributed by atoms with Gasteiger partial charge in [-0.3, -0.25) is 4.99 Å². The molecule has 1 N–H and O–H groups in total. The van der Waals surface area contributed by atoms with Crippen molar-refractivity contribution in [2.24, 2.45) is 15.2 Å². The van der Waals surface area contributed by atoms with Crippen molar-refractivity contribution < 1.29 is 27.1 Å². The van der Waals surface area contributed by atoms with Gasteiger partial charge in [0, 0.05) is 17.3 Å². The van der Waals surface area contributed by atoms with Crippen LogP contribution < -0.4 is 0 Å². The maximum atomic E-state index is 13.2. The van der Waals surface area contributed by atoms with E-state index in [9.17, 15) is 22.7 Å². The molecular formula is C27H16F4N4O2. The van der Waals surface area contributed by atoms with Crippen LogP contribution in [0.2, 0.25) is 0 Å². The van der Waals surface area contributed by atoms with Crippen LogP contribution in [0.25, 0.3) is 22.6 Å². The number of alkyl halides is 3. The summed E-state index contributed by atoms with van der Waals surface area (Å²) in [6.45, 7) is 0. The van der Waals surface area contributed by atoms with Crippen LogP contribution >= 0.6 is 0 Å². The lowest BCUT2D eigenvalue weighted by atomic mass is 10.2. The highest BCUT2D eigenvalue weighted by molar-refractivity contribution is 5.88. The molecule has 0 aliphatic carbocycles. The van der Waals surface area contributed by atoms with E-state index in [2.05, 4.69) is 20.2 Å². The predicted molar refractivity (Wildman–Crippen MR) is 130 cm³/mol. The molecule has 5 rings (SSSR count). The van der Waals surface area contributed by atoms with Crippen molar-refractivity contribution in [3.8, 4) is 17.2 Å². The minimum absolute atomic E-state index is 0.0408. The molecule has 6 nitrogen and oxygen atoms in total. The minimum atomic E-state index is -4.48. The first-order valence-corrected chi connectivity index (χ1v) is 10.9. The van der Waals surface area contributed by atoms with Gasteiger partial charge in [-0.25, -0.2) is 9.37 Å². The van der Waals surface area contributed by atoms with Crippen LogP contribution in [0, 0.1) is 5.82 Å². The van der Waals surface area contributed by atoms with Gasteiger partial charge in [-0.1, -0.05) is 6.07 Å². The van der Waals surface area contributed by atoms with E-state index >= 15 is 0 Å². The molecule has 0 aliphatic rings. The summed E-state index contributed by atoms with van der Waals surface area (Å²) < 4.78 is 57.6. The fourth-order valence-corrected chi connectivity index (χ4v) is 3.42. The Morgan fingerprint density at radius 2 is 1.54 bits per heavy atom. The highest BCUT2D eigenvalue weighted by atomic mass is 19.4. The zero-order valence-electron chi connectivity index (χ0n) is 18.8. The Hall–Kier alpha value is -4.86. The highest BCUT2D eigenvalue weighted by Crippen LogP contribution is 2.32. The molecule has 0 atom stereocenters. The molecule has 184 valence electrons. The lowest BCUT2D eigenvalue weighted by molar-refractivity contribution is -0.137. The van der Waals surface area contributed by atoms with E-state index in [4.69, 9.17) is 4.42 Å². The van der Waals surface area contributed by atoms with Gasteiger partial charge < -0.3 is 9.52 Å². The molecule has 0 spiro atoms. The van der Waals surface area contributed by atoms with E-state index in [1.807, 2.05) is 0 Å². The van der Waals surface area contributed by atoms with Crippen molar-refractivity contribution in [3.63, 3.8) is 0 Å². The molecule has 0 radical (unpaired) electrons. The van der Waals surface area contributed by atoms with Gasteiger partial charge in [0.15, 0.2) is 5.58 Å². The Morgan fingerprint density at radius 1 is 0.811 bits per heavy atom. The number of fused-ring (bicyclic) bond motifs is 1. The van der Waals surface area contributed by atoms with Gasteiger partial charge in [0.25, 0.3) is 0 Å². The summed E-state index contributed by atoms with van der Waals surface area (Å²) >= 11 is 0. The Labute approximate surface area is 207 Å². The number of phenolic OH excluding ortho intramolecular Hbond substituents is 1. The lowest BCUT2D eigenvalue weighted by Gasteiger charge is -2.06.